The summed E-state index contributed by atoms with van der Waals surface area (Å²) < 4.78 is 1.67. The van der Waals surface area contributed by atoms with Gasteiger partial charge in [-0.25, -0.2) is 4.79 Å². The fraction of sp³-hybridized carbons (Fsp3) is 0.706. The second kappa shape index (κ2) is 7.23. The van der Waals surface area contributed by atoms with Gasteiger partial charge in [0.15, 0.2) is 0 Å². The number of aryl methyl sites for hydroxylation is 1. The first-order valence-electron chi connectivity index (χ1n) is 8.94. The number of aromatic nitrogens is 2. The first-order chi connectivity index (χ1) is 11.6. The lowest BCUT2D eigenvalue weighted by Gasteiger charge is -2.29. The van der Waals surface area contributed by atoms with Crippen LogP contribution in [0.25, 0.3) is 0 Å². The number of hydrogen-bond donors (Lipinski definition) is 2. The quantitative estimate of drug-likeness (QED) is 0.882. The van der Waals surface area contributed by atoms with Gasteiger partial charge in [-0.2, -0.15) is 5.10 Å². The van der Waals surface area contributed by atoms with Gasteiger partial charge in [-0.1, -0.05) is 26.2 Å². The maximum atomic E-state index is 12.5. The highest BCUT2D eigenvalue weighted by molar-refractivity contribution is 6.01. The second-order valence-electron chi connectivity index (χ2n) is 6.96. The Bertz CT molecular complexity index is 600. The highest BCUT2D eigenvalue weighted by Gasteiger charge is 2.34. The van der Waals surface area contributed by atoms with E-state index in [0.29, 0.717) is 18.9 Å². The van der Waals surface area contributed by atoms with Crippen molar-refractivity contribution in [1.29, 1.82) is 0 Å². The molecule has 1 aliphatic carbocycles. The van der Waals surface area contributed by atoms with Crippen molar-refractivity contribution in [1.82, 2.24) is 20.4 Å². The molecule has 2 fully saturated rings. The van der Waals surface area contributed by atoms with Crippen LogP contribution in [-0.2, 0) is 11.8 Å². The molecular formula is C17H27N5O2. The van der Waals surface area contributed by atoms with E-state index < -0.39 is 6.04 Å². The van der Waals surface area contributed by atoms with Gasteiger partial charge in [0.05, 0.1) is 11.9 Å². The van der Waals surface area contributed by atoms with Crippen molar-refractivity contribution < 1.29 is 9.59 Å². The van der Waals surface area contributed by atoms with Crippen molar-refractivity contribution in [3.63, 3.8) is 0 Å². The highest BCUT2D eigenvalue weighted by Crippen LogP contribution is 2.26. The fourth-order valence-corrected chi connectivity index (χ4v) is 3.80. The summed E-state index contributed by atoms with van der Waals surface area (Å²) >= 11 is 0. The molecule has 1 aliphatic heterocycles. The average Bonchev–Trinajstić information content (AvgIpc) is 3.14. The predicted molar refractivity (Wildman–Crippen MR) is 91.7 cm³/mol. The fourth-order valence-electron chi connectivity index (χ4n) is 3.80. The summed E-state index contributed by atoms with van der Waals surface area (Å²) in [5.41, 5.74) is 0.783. The van der Waals surface area contributed by atoms with E-state index in [1.165, 1.54) is 19.3 Å². The zero-order valence-corrected chi connectivity index (χ0v) is 14.5. The summed E-state index contributed by atoms with van der Waals surface area (Å²) in [4.78, 5) is 26.4. The van der Waals surface area contributed by atoms with E-state index in [9.17, 15) is 9.59 Å². The van der Waals surface area contributed by atoms with Crippen LogP contribution in [0.15, 0.2) is 12.4 Å². The molecule has 0 aromatic carbocycles. The van der Waals surface area contributed by atoms with Gasteiger partial charge in [0, 0.05) is 25.8 Å². The van der Waals surface area contributed by atoms with Gasteiger partial charge in [0.1, 0.15) is 6.04 Å². The third-order valence-electron chi connectivity index (χ3n) is 5.21. The zero-order valence-electron chi connectivity index (χ0n) is 14.5. The molecule has 132 valence electrons. The molecule has 24 heavy (non-hydrogen) atoms. The van der Waals surface area contributed by atoms with Gasteiger partial charge < -0.3 is 15.5 Å². The third kappa shape index (κ3) is 3.71. The molecule has 3 rings (SSSR count). The minimum absolute atomic E-state index is 0.0618. The Morgan fingerprint density at radius 1 is 1.33 bits per heavy atom. The molecule has 0 bridgehead atoms. The van der Waals surface area contributed by atoms with E-state index in [1.807, 2.05) is 13.2 Å². The monoisotopic (exact) mass is 333 g/mol. The van der Waals surface area contributed by atoms with Crippen LogP contribution in [-0.4, -0.2) is 40.3 Å². The largest absolute Gasteiger partial charge is 0.335 e. The first-order valence-corrected chi connectivity index (χ1v) is 8.94. The summed E-state index contributed by atoms with van der Waals surface area (Å²) in [6, 6.07) is -0.437. The molecule has 0 radical (unpaired) electrons. The van der Waals surface area contributed by atoms with Crippen LogP contribution in [0.3, 0.4) is 0 Å². The summed E-state index contributed by atoms with van der Waals surface area (Å²) in [5.74, 6) is 0.645. The van der Waals surface area contributed by atoms with Crippen LogP contribution < -0.4 is 15.5 Å². The smallest absolute Gasteiger partial charge is 0.315 e. The number of rotatable bonds is 4. The van der Waals surface area contributed by atoms with E-state index in [1.54, 1.807) is 15.8 Å². The summed E-state index contributed by atoms with van der Waals surface area (Å²) in [5, 5.41) is 10.00. The highest BCUT2D eigenvalue weighted by atomic mass is 16.2. The molecule has 2 heterocycles. The third-order valence-corrected chi connectivity index (χ3v) is 5.21. The molecule has 7 heteroatoms. The van der Waals surface area contributed by atoms with E-state index in [2.05, 4.69) is 22.7 Å². The summed E-state index contributed by atoms with van der Waals surface area (Å²) in [6.07, 6.45) is 9.79. The normalized spacial score (nSPS) is 27.3. The number of nitrogens with one attached hydrogen (secondary N) is 2. The molecule has 7 nitrogen and oxygen atoms in total. The number of carbonyl (C=O) groups is 2. The lowest BCUT2D eigenvalue weighted by Crippen LogP contribution is -2.49. The van der Waals surface area contributed by atoms with E-state index in [4.69, 9.17) is 0 Å². The van der Waals surface area contributed by atoms with Gasteiger partial charge in [-0.05, 0) is 25.2 Å². The Morgan fingerprint density at radius 2 is 2.17 bits per heavy atom. The Kier molecular flexibility index (Phi) is 5.06. The van der Waals surface area contributed by atoms with Crippen molar-refractivity contribution >= 4 is 17.6 Å². The number of nitrogens with zero attached hydrogens (tertiary/aromatic N) is 3. The lowest BCUT2D eigenvalue weighted by atomic mass is 9.84. The first kappa shape index (κ1) is 16.8. The van der Waals surface area contributed by atoms with Crippen LogP contribution in [0.1, 0.15) is 45.4 Å². The van der Waals surface area contributed by atoms with Gasteiger partial charge in [0.25, 0.3) is 0 Å². The van der Waals surface area contributed by atoms with Crippen molar-refractivity contribution in [3.05, 3.63) is 12.4 Å². The molecule has 0 spiro atoms. The molecule has 3 atom stereocenters. The van der Waals surface area contributed by atoms with Crippen molar-refractivity contribution in [2.75, 3.05) is 11.4 Å². The zero-order chi connectivity index (χ0) is 17.1. The summed E-state index contributed by atoms with van der Waals surface area (Å²) in [7, 11) is 1.82. The molecule has 2 N–H and O–H groups in total. The Morgan fingerprint density at radius 3 is 2.88 bits per heavy atom. The van der Waals surface area contributed by atoms with Crippen molar-refractivity contribution in [2.45, 2.75) is 57.5 Å². The number of carbonyl (C=O) groups excluding carboxylic acids is 2. The topological polar surface area (TPSA) is 79.3 Å². The SMILES string of the molecule is CCC1CCCC(NC(=O)NC2CCN(c3cnn(C)c3)C2=O)C1. The number of anilines is 1. The Hall–Kier alpha value is -2.05. The molecule has 3 amide bonds. The van der Waals surface area contributed by atoms with E-state index in [-0.39, 0.29) is 18.0 Å². The number of amides is 3. The maximum absolute atomic E-state index is 12.5. The van der Waals surface area contributed by atoms with Crippen LogP contribution in [0.5, 0.6) is 0 Å². The van der Waals surface area contributed by atoms with Crippen molar-refractivity contribution in [3.8, 4) is 0 Å². The van der Waals surface area contributed by atoms with Gasteiger partial charge >= 0.3 is 6.03 Å². The van der Waals surface area contributed by atoms with Crippen LogP contribution in [0, 0.1) is 5.92 Å². The Labute approximate surface area is 142 Å². The average molecular weight is 333 g/mol. The Balaban J connectivity index is 1.51. The minimum atomic E-state index is -0.448. The summed E-state index contributed by atoms with van der Waals surface area (Å²) in [6.45, 7) is 2.81. The van der Waals surface area contributed by atoms with E-state index >= 15 is 0 Å². The molecule has 3 unspecified atom stereocenters. The van der Waals surface area contributed by atoms with E-state index in [0.717, 1.165) is 18.5 Å². The van der Waals surface area contributed by atoms with Gasteiger partial charge in [-0.15, -0.1) is 0 Å². The second-order valence-corrected chi connectivity index (χ2v) is 6.96. The standard InChI is InChI=1S/C17H27N5O2/c1-3-12-5-4-6-13(9-12)19-17(24)20-15-7-8-22(16(15)23)14-10-18-21(2)11-14/h10-13,15H,3-9H2,1-2H3,(H2,19,20,24). The van der Waals surface area contributed by atoms with Crippen molar-refractivity contribution in [2.24, 2.45) is 13.0 Å². The van der Waals surface area contributed by atoms with Gasteiger partial charge in [-0.3, -0.25) is 9.48 Å². The minimum Gasteiger partial charge on any atom is -0.335 e. The maximum Gasteiger partial charge on any atom is 0.315 e. The molecule has 1 aromatic heterocycles. The van der Waals surface area contributed by atoms with Crippen LogP contribution in [0.4, 0.5) is 10.5 Å². The number of hydrogen-bond acceptors (Lipinski definition) is 3. The molecular weight excluding hydrogens is 306 g/mol. The van der Waals surface area contributed by atoms with Crippen LogP contribution >= 0.6 is 0 Å². The lowest BCUT2D eigenvalue weighted by molar-refractivity contribution is -0.118. The number of urea groups is 1. The molecule has 1 aromatic rings. The van der Waals surface area contributed by atoms with Gasteiger partial charge in [0.2, 0.25) is 5.91 Å². The molecule has 2 aliphatic rings. The van der Waals surface area contributed by atoms with Crippen LogP contribution in [0.2, 0.25) is 0 Å². The molecule has 1 saturated carbocycles. The predicted octanol–water partition coefficient (Wildman–Crippen LogP) is 1.79. The molecule has 1 saturated heterocycles.